The van der Waals surface area contributed by atoms with Crippen LogP contribution >= 0.6 is 11.3 Å². The summed E-state index contributed by atoms with van der Waals surface area (Å²) in [6, 6.07) is 4.71. The zero-order chi connectivity index (χ0) is 13.1. The van der Waals surface area contributed by atoms with Gasteiger partial charge < -0.3 is 5.32 Å². The van der Waals surface area contributed by atoms with Gasteiger partial charge in [-0.15, -0.1) is 11.3 Å². The molecule has 2 nitrogen and oxygen atoms in total. The maximum Gasteiger partial charge on any atom is 0.0383 e. The lowest BCUT2D eigenvalue weighted by Crippen LogP contribution is -2.30. The van der Waals surface area contributed by atoms with Crippen LogP contribution in [0.15, 0.2) is 12.1 Å². The standard InChI is InChI=1S/C13H23NOS2/c1-10(9-17(5)15)14-8-11-6-7-12(16-11)13(2,3)4/h6-7,10,14H,8-9H2,1-5H3. The van der Waals surface area contributed by atoms with Crippen molar-refractivity contribution in [2.24, 2.45) is 0 Å². The summed E-state index contributed by atoms with van der Waals surface area (Å²) >= 11 is 1.86. The highest BCUT2D eigenvalue weighted by atomic mass is 32.2. The predicted molar refractivity (Wildman–Crippen MR) is 78.3 cm³/mol. The van der Waals surface area contributed by atoms with Crippen molar-refractivity contribution < 1.29 is 4.21 Å². The van der Waals surface area contributed by atoms with E-state index in [1.165, 1.54) is 9.75 Å². The second kappa shape index (κ2) is 6.12. The van der Waals surface area contributed by atoms with Gasteiger partial charge in [0.2, 0.25) is 0 Å². The first-order valence-corrected chi connectivity index (χ1v) is 8.46. The van der Waals surface area contributed by atoms with Crippen LogP contribution < -0.4 is 5.32 Å². The van der Waals surface area contributed by atoms with Crippen LogP contribution in [-0.4, -0.2) is 22.3 Å². The Morgan fingerprint density at radius 2 is 2.06 bits per heavy atom. The second-order valence-electron chi connectivity index (χ2n) is 5.54. The van der Waals surface area contributed by atoms with Crippen molar-refractivity contribution in [1.82, 2.24) is 5.32 Å². The Labute approximate surface area is 111 Å². The van der Waals surface area contributed by atoms with E-state index >= 15 is 0 Å². The van der Waals surface area contributed by atoms with E-state index in [2.05, 4.69) is 45.1 Å². The highest BCUT2D eigenvalue weighted by Gasteiger charge is 2.16. The van der Waals surface area contributed by atoms with Gasteiger partial charge >= 0.3 is 0 Å². The highest BCUT2D eigenvalue weighted by Crippen LogP contribution is 2.29. The van der Waals surface area contributed by atoms with Crippen molar-refractivity contribution in [3.63, 3.8) is 0 Å². The van der Waals surface area contributed by atoms with Crippen LogP contribution in [0, 0.1) is 0 Å². The molecule has 98 valence electrons. The van der Waals surface area contributed by atoms with Gasteiger partial charge in [-0.25, -0.2) is 0 Å². The van der Waals surface area contributed by atoms with Gasteiger partial charge in [0, 0.05) is 45.1 Å². The number of nitrogens with one attached hydrogen (secondary N) is 1. The van der Waals surface area contributed by atoms with Crippen LogP contribution in [-0.2, 0) is 22.8 Å². The Kier molecular flexibility index (Phi) is 5.35. The average Bonchev–Trinajstić information content (AvgIpc) is 2.61. The average molecular weight is 273 g/mol. The molecule has 0 bridgehead atoms. The molecule has 0 aliphatic carbocycles. The van der Waals surface area contributed by atoms with Gasteiger partial charge in [0.15, 0.2) is 0 Å². The summed E-state index contributed by atoms with van der Waals surface area (Å²) in [7, 11) is -0.722. The van der Waals surface area contributed by atoms with Gasteiger partial charge in [0.05, 0.1) is 0 Å². The monoisotopic (exact) mass is 273 g/mol. The van der Waals surface area contributed by atoms with Crippen LogP contribution in [0.3, 0.4) is 0 Å². The van der Waals surface area contributed by atoms with E-state index in [9.17, 15) is 4.21 Å². The van der Waals surface area contributed by atoms with Crippen LogP contribution in [0.5, 0.6) is 0 Å². The molecule has 1 aromatic rings. The van der Waals surface area contributed by atoms with E-state index in [1.54, 1.807) is 6.26 Å². The predicted octanol–water partition coefficient (Wildman–Crippen LogP) is 2.90. The Bertz CT molecular complexity index is 379. The molecule has 1 heterocycles. The first-order chi connectivity index (χ1) is 7.79. The maximum absolute atomic E-state index is 11.1. The lowest BCUT2D eigenvalue weighted by Gasteiger charge is -2.15. The molecular weight excluding hydrogens is 250 g/mol. The number of rotatable bonds is 5. The SMILES string of the molecule is CC(CS(C)=O)NCc1ccc(C(C)(C)C)s1. The molecule has 1 N–H and O–H groups in total. The molecule has 1 rings (SSSR count). The number of thiophene rings is 1. The van der Waals surface area contributed by atoms with Crippen molar-refractivity contribution in [1.29, 1.82) is 0 Å². The van der Waals surface area contributed by atoms with E-state index in [4.69, 9.17) is 0 Å². The van der Waals surface area contributed by atoms with Crippen molar-refractivity contribution in [3.05, 3.63) is 21.9 Å². The molecule has 2 unspecified atom stereocenters. The van der Waals surface area contributed by atoms with Crippen molar-refractivity contribution in [2.75, 3.05) is 12.0 Å². The summed E-state index contributed by atoms with van der Waals surface area (Å²) in [5.41, 5.74) is 0.236. The summed E-state index contributed by atoms with van der Waals surface area (Å²) in [6.07, 6.45) is 1.75. The van der Waals surface area contributed by atoms with E-state index < -0.39 is 10.8 Å². The molecule has 2 atom stereocenters. The smallest absolute Gasteiger partial charge is 0.0383 e. The third kappa shape index (κ3) is 5.32. The Hall–Kier alpha value is -0.190. The van der Waals surface area contributed by atoms with Gasteiger partial charge in [-0.1, -0.05) is 20.8 Å². The van der Waals surface area contributed by atoms with Crippen molar-refractivity contribution >= 4 is 22.1 Å². The van der Waals surface area contributed by atoms with Gasteiger partial charge in [-0.3, -0.25) is 4.21 Å². The molecule has 1 aromatic heterocycles. The fourth-order valence-electron chi connectivity index (χ4n) is 1.56. The topological polar surface area (TPSA) is 29.1 Å². The fourth-order valence-corrected chi connectivity index (χ4v) is 3.40. The summed E-state index contributed by atoms with van der Waals surface area (Å²) in [5.74, 6) is 0.720. The molecule has 0 amide bonds. The van der Waals surface area contributed by atoms with Crippen molar-refractivity contribution in [3.8, 4) is 0 Å². The minimum atomic E-state index is -0.722. The van der Waals surface area contributed by atoms with Gasteiger partial charge in [-0.05, 0) is 24.5 Å². The molecule has 17 heavy (non-hydrogen) atoms. The molecular formula is C13H23NOS2. The third-order valence-electron chi connectivity index (χ3n) is 2.51. The van der Waals surface area contributed by atoms with Gasteiger partial charge in [0.25, 0.3) is 0 Å². The largest absolute Gasteiger partial charge is 0.308 e. The van der Waals surface area contributed by atoms with E-state index in [1.807, 2.05) is 11.3 Å². The van der Waals surface area contributed by atoms with Gasteiger partial charge in [-0.2, -0.15) is 0 Å². The zero-order valence-electron chi connectivity index (χ0n) is 11.4. The summed E-state index contributed by atoms with van der Waals surface area (Å²) in [5, 5.41) is 3.41. The lowest BCUT2D eigenvalue weighted by atomic mass is 9.95. The fraction of sp³-hybridized carbons (Fsp3) is 0.692. The summed E-state index contributed by atoms with van der Waals surface area (Å²) < 4.78 is 11.1. The highest BCUT2D eigenvalue weighted by molar-refractivity contribution is 7.84. The molecule has 0 saturated carbocycles. The molecule has 0 aliphatic rings. The molecule has 0 radical (unpaired) electrons. The minimum Gasteiger partial charge on any atom is -0.308 e. The second-order valence-corrected chi connectivity index (χ2v) is 8.19. The maximum atomic E-state index is 11.1. The molecule has 0 aliphatic heterocycles. The number of hydrogen-bond acceptors (Lipinski definition) is 3. The number of hydrogen-bond donors (Lipinski definition) is 1. The van der Waals surface area contributed by atoms with E-state index in [-0.39, 0.29) is 5.41 Å². The lowest BCUT2D eigenvalue weighted by molar-refractivity contribution is 0.591. The Balaban J connectivity index is 2.48. The zero-order valence-corrected chi connectivity index (χ0v) is 13.0. The molecule has 4 heteroatoms. The summed E-state index contributed by atoms with van der Waals surface area (Å²) in [4.78, 5) is 2.77. The first-order valence-electron chi connectivity index (χ1n) is 5.91. The van der Waals surface area contributed by atoms with Crippen LogP contribution in [0.1, 0.15) is 37.4 Å². The van der Waals surface area contributed by atoms with Gasteiger partial charge in [0.1, 0.15) is 0 Å². The molecule has 0 aromatic carbocycles. The van der Waals surface area contributed by atoms with Crippen LogP contribution in [0.4, 0.5) is 0 Å². The van der Waals surface area contributed by atoms with E-state index in [0.29, 0.717) is 6.04 Å². The quantitative estimate of drug-likeness (QED) is 0.894. The molecule has 0 fully saturated rings. The van der Waals surface area contributed by atoms with Crippen molar-refractivity contribution in [2.45, 2.75) is 45.7 Å². The minimum absolute atomic E-state index is 0.236. The molecule has 0 spiro atoms. The Morgan fingerprint density at radius 1 is 1.41 bits per heavy atom. The Morgan fingerprint density at radius 3 is 2.53 bits per heavy atom. The van der Waals surface area contributed by atoms with Crippen LogP contribution in [0.2, 0.25) is 0 Å². The third-order valence-corrected chi connectivity index (χ3v) is 4.99. The normalized spacial score (nSPS) is 15.8. The van der Waals surface area contributed by atoms with Crippen LogP contribution in [0.25, 0.3) is 0 Å². The first kappa shape index (κ1) is 14.9. The van der Waals surface area contributed by atoms with E-state index in [0.717, 1.165) is 12.3 Å². The molecule has 0 saturated heterocycles. The summed E-state index contributed by atoms with van der Waals surface area (Å²) in [6.45, 7) is 9.66.